The van der Waals surface area contributed by atoms with Crippen molar-refractivity contribution in [2.24, 2.45) is 0 Å². The molecule has 5 heteroatoms. The number of benzene rings is 1. The first-order chi connectivity index (χ1) is 8.33. The Morgan fingerprint density at radius 2 is 1.53 bits per heavy atom. The molecule has 3 aromatic rings. The molecule has 17 heavy (non-hydrogen) atoms. The summed E-state index contributed by atoms with van der Waals surface area (Å²) in [5.74, 6) is 0.631. The largest absolute Gasteiger partial charge is 0.396 e. The van der Waals surface area contributed by atoms with Crippen LogP contribution in [-0.4, -0.2) is 19.9 Å². The maximum absolute atomic E-state index is 5.55. The van der Waals surface area contributed by atoms with Crippen LogP contribution in [0.25, 0.3) is 22.4 Å². The number of nitrogen functional groups attached to an aromatic ring is 1. The summed E-state index contributed by atoms with van der Waals surface area (Å²) in [6.07, 6.45) is 6.50. The van der Waals surface area contributed by atoms with Crippen molar-refractivity contribution in [2.45, 2.75) is 0 Å². The van der Waals surface area contributed by atoms with Crippen LogP contribution in [0.5, 0.6) is 0 Å². The summed E-state index contributed by atoms with van der Waals surface area (Å²) < 4.78 is 0. The molecule has 5 nitrogen and oxygen atoms in total. The summed E-state index contributed by atoms with van der Waals surface area (Å²) >= 11 is 0. The van der Waals surface area contributed by atoms with E-state index in [0.29, 0.717) is 11.5 Å². The van der Waals surface area contributed by atoms with Crippen molar-refractivity contribution < 1.29 is 0 Å². The van der Waals surface area contributed by atoms with Crippen molar-refractivity contribution >= 4 is 16.7 Å². The quantitative estimate of drug-likeness (QED) is 0.679. The van der Waals surface area contributed by atoms with Gasteiger partial charge in [0.2, 0.25) is 0 Å². The zero-order valence-corrected chi connectivity index (χ0v) is 8.91. The molecule has 0 amide bonds. The Bertz CT molecular complexity index is 663. The van der Waals surface area contributed by atoms with E-state index < -0.39 is 0 Å². The third kappa shape index (κ3) is 1.78. The second-order valence-corrected chi connectivity index (χ2v) is 3.60. The van der Waals surface area contributed by atoms with Crippen molar-refractivity contribution in [3.8, 4) is 11.4 Å². The Kier molecular flexibility index (Phi) is 2.15. The van der Waals surface area contributed by atoms with Crippen LogP contribution < -0.4 is 5.73 Å². The normalized spacial score (nSPS) is 10.6. The summed E-state index contributed by atoms with van der Waals surface area (Å²) in [7, 11) is 0. The summed E-state index contributed by atoms with van der Waals surface area (Å²) in [4.78, 5) is 16.8. The molecule has 0 aliphatic rings. The highest BCUT2D eigenvalue weighted by Gasteiger charge is 2.03. The maximum Gasteiger partial charge on any atom is 0.159 e. The third-order valence-electron chi connectivity index (χ3n) is 2.40. The predicted molar refractivity (Wildman–Crippen MR) is 65.0 cm³/mol. The highest BCUT2D eigenvalue weighted by molar-refractivity contribution is 5.79. The number of hydrogen-bond acceptors (Lipinski definition) is 5. The number of fused-ring (bicyclic) bond motifs is 1. The van der Waals surface area contributed by atoms with Crippen LogP contribution in [0, 0.1) is 0 Å². The van der Waals surface area contributed by atoms with Crippen LogP contribution in [0.2, 0.25) is 0 Å². The molecule has 3 rings (SSSR count). The standard InChI is InChI=1S/C12H9N5/c13-9-6-16-12(17-7-9)8-1-2-10-11(5-8)15-4-3-14-10/h1-7H,13H2. The fraction of sp³-hybridized carbons (Fsp3) is 0. The van der Waals surface area contributed by atoms with Crippen LogP contribution in [0.3, 0.4) is 0 Å². The molecule has 2 N–H and O–H groups in total. The number of nitrogens with two attached hydrogens (primary N) is 1. The van der Waals surface area contributed by atoms with Crippen LogP contribution in [0.15, 0.2) is 43.0 Å². The molecular formula is C12H9N5. The van der Waals surface area contributed by atoms with Crippen molar-refractivity contribution in [1.82, 2.24) is 19.9 Å². The van der Waals surface area contributed by atoms with E-state index in [0.717, 1.165) is 16.6 Å². The molecule has 2 aromatic heterocycles. The van der Waals surface area contributed by atoms with E-state index in [1.807, 2.05) is 18.2 Å². The van der Waals surface area contributed by atoms with E-state index in [2.05, 4.69) is 19.9 Å². The molecule has 0 saturated carbocycles. The van der Waals surface area contributed by atoms with Gasteiger partial charge in [-0.1, -0.05) is 0 Å². The van der Waals surface area contributed by atoms with Crippen LogP contribution in [0.4, 0.5) is 5.69 Å². The molecule has 0 spiro atoms. The van der Waals surface area contributed by atoms with Gasteiger partial charge in [0.15, 0.2) is 5.82 Å². The molecule has 2 heterocycles. The van der Waals surface area contributed by atoms with Gasteiger partial charge in [0.25, 0.3) is 0 Å². The Hall–Kier alpha value is -2.56. The zero-order chi connectivity index (χ0) is 11.7. The van der Waals surface area contributed by atoms with Gasteiger partial charge in [0.05, 0.1) is 29.1 Å². The molecule has 0 bridgehead atoms. The number of anilines is 1. The lowest BCUT2D eigenvalue weighted by Gasteiger charge is -2.01. The minimum Gasteiger partial charge on any atom is -0.396 e. The smallest absolute Gasteiger partial charge is 0.159 e. The molecule has 0 atom stereocenters. The highest BCUT2D eigenvalue weighted by atomic mass is 14.9. The van der Waals surface area contributed by atoms with E-state index in [9.17, 15) is 0 Å². The SMILES string of the molecule is Nc1cnc(-c2ccc3nccnc3c2)nc1. The zero-order valence-electron chi connectivity index (χ0n) is 8.91. The van der Waals surface area contributed by atoms with Crippen LogP contribution >= 0.6 is 0 Å². The van der Waals surface area contributed by atoms with Crippen LogP contribution in [-0.2, 0) is 0 Å². The van der Waals surface area contributed by atoms with E-state index in [1.165, 1.54) is 0 Å². The van der Waals surface area contributed by atoms with Gasteiger partial charge in [-0.15, -0.1) is 0 Å². The van der Waals surface area contributed by atoms with Gasteiger partial charge >= 0.3 is 0 Å². The third-order valence-corrected chi connectivity index (χ3v) is 2.40. The van der Waals surface area contributed by atoms with Crippen molar-refractivity contribution in [1.29, 1.82) is 0 Å². The lowest BCUT2D eigenvalue weighted by atomic mass is 10.2. The van der Waals surface area contributed by atoms with E-state index in [4.69, 9.17) is 5.73 Å². The minimum absolute atomic E-state index is 0.550. The van der Waals surface area contributed by atoms with E-state index in [-0.39, 0.29) is 0 Å². The lowest BCUT2D eigenvalue weighted by molar-refractivity contribution is 1.18. The minimum atomic E-state index is 0.550. The number of hydrogen-bond donors (Lipinski definition) is 1. The van der Waals surface area contributed by atoms with Crippen molar-refractivity contribution in [3.63, 3.8) is 0 Å². The summed E-state index contributed by atoms with van der Waals surface area (Å²) in [6, 6.07) is 5.73. The first-order valence-corrected chi connectivity index (χ1v) is 5.11. The van der Waals surface area contributed by atoms with Gasteiger partial charge < -0.3 is 5.73 Å². The molecule has 0 radical (unpaired) electrons. The summed E-state index contributed by atoms with van der Waals surface area (Å²) in [6.45, 7) is 0. The van der Waals surface area contributed by atoms with Gasteiger partial charge in [0, 0.05) is 18.0 Å². The van der Waals surface area contributed by atoms with Gasteiger partial charge in [-0.05, 0) is 18.2 Å². The van der Waals surface area contributed by atoms with E-state index in [1.54, 1.807) is 24.8 Å². The van der Waals surface area contributed by atoms with E-state index >= 15 is 0 Å². The van der Waals surface area contributed by atoms with Crippen LogP contribution in [0.1, 0.15) is 0 Å². The van der Waals surface area contributed by atoms with Crippen molar-refractivity contribution in [2.75, 3.05) is 5.73 Å². The predicted octanol–water partition coefficient (Wildman–Crippen LogP) is 1.67. The van der Waals surface area contributed by atoms with Gasteiger partial charge in [-0.2, -0.15) is 0 Å². The Balaban J connectivity index is 2.14. The highest BCUT2D eigenvalue weighted by Crippen LogP contribution is 2.19. The maximum atomic E-state index is 5.55. The number of rotatable bonds is 1. The molecular weight excluding hydrogens is 214 g/mol. The first-order valence-electron chi connectivity index (χ1n) is 5.11. The topological polar surface area (TPSA) is 77.6 Å². The lowest BCUT2D eigenvalue weighted by Crippen LogP contribution is -1.92. The molecule has 0 fully saturated rings. The first kappa shape index (κ1) is 9.65. The second kappa shape index (κ2) is 3.79. The van der Waals surface area contributed by atoms with Gasteiger partial charge in [0.1, 0.15) is 0 Å². The number of nitrogens with zero attached hydrogens (tertiary/aromatic N) is 4. The second-order valence-electron chi connectivity index (χ2n) is 3.60. The summed E-state index contributed by atoms with van der Waals surface area (Å²) in [5, 5.41) is 0. The Morgan fingerprint density at radius 3 is 2.29 bits per heavy atom. The average Bonchev–Trinajstić information content (AvgIpc) is 2.39. The van der Waals surface area contributed by atoms with Gasteiger partial charge in [-0.25, -0.2) is 9.97 Å². The Morgan fingerprint density at radius 1 is 0.824 bits per heavy atom. The average molecular weight is 223 g/mol. The molecule has 82 valence electrons. The Labute approximate surface area is 97.4 Å². The molecule has 0 aliphatic carbocycles. The molecule has 0 aliphatic heterocycles. The molecule has 0 saturated heterocycles. The van der Waals surface area contributed by atoms with Crippen molar-refractivity contribution in [3.05, 3.63) is 43.0 Å². The summed E-state index contributed by atoms with van der Waals surface area (Å²) in [5.41, 5.74) is 8.68. The fourth-order valence-electron chi connectivity index (χ4n) is 1.59. The molecule has 1 aromatic carbocycles. The monoisotopic (exact) mass is 223 g/mol. The fourth-order valence-corrected chi connectivity index (χ4v) is 1.59. The number of aromatic nitrogens is 4. The molecule has 0 unspecified atom stereocenters. The van der Waals surface area contributed by atoms with Gasteiger partial charge in [-0.3, -0.25) is 9.97 Å².